The van der Waals surface area contributed by atoms with Gasteiger partial charge in [0.2, 0.25) is 0 Å². The number of unbranched alkanes of at least 4 members (excludes halogenated alkanes) is 22. The minimum Gasteiger partial charge on any atom is -0.462 e. The van der Waals surface area contributed by atoms with Gasteiger partial charge in [0.25, 0.3) is 0 Å². The van der Waals surface area contributed by atoms with Crippen LogP contribution in [-0.4, -0.2) is 37.2 Å². The molecule has 0 amide bonds. The molecule has 0 spiro atoms. The molecule has 6 heteroatoms. The summed E-state index contributed by atoms with van der Waals surface area (Å²) < 4.78 is 16.6. The van der Waals surface area contributed by atoms with Crippen molar-refractivity contribution in [2.24, 2.45) is 5.92 Å². The third-order valence-corrected chi connectivity index (χ3v) is 8.79. The van der Waals surface area contributed by atoms with E-state index in [0.717, 1.165) is 63.7 Å². The summed E-state index contributed by atoms with van der Waals surface area (Å²) in [6, 6.07) is 0. The summed E-state index contributed by atoms with van der Waals surface area (Å²) in [5.74, 6) is -0.108. The molecule has 6 nitrogen and oxygen atoms in total. The zero-order chi connectivity index (χ0) is 33.9. The Kier molecular flexibility index (Phi) is 33.5. The molecular weight excluding hydrogens is 576 g/mol. The second-order valence-corrected chi connectivity index (χ2v) is 14.0. The fourth-order valence-electron chi connectivity index (χ4n) is 5.74. The average Bonchev–Trinajstić information content (AvgIpc) is 3.03. The van der Waals surface area contributed by atoms with Gasteiger partial charge in [-0.15, -0.1) is 0 Å². The Morgan fingerprint density at radius 1 is 0.413 bits per heavy atom. The maximum atomic E-state index is 12.6. The van der Waals surface area contributed by atoms with E-state index >= 15 is 0 Å². The molecule has 0 saturated heterocycles. The molecule has 272 valence electrons. The lowest BCUT2D eigenvalue weighted by Crippen LogP contribution is -2.30. The quantitative estimate of drug-likeness (QED) is 0.0385. The van der Waals surface area contributed by atoms with Crippen LogP contribution in [0.15, 0.2) is 0 Å². The van der Waals surface area contributed by atoms with Crippen LogP contribution >= 0.6 is 0 Å². The normalized spacial score (nSPS) is 11.9. The Morgan fingerprint density at radius 3 is 1.07 bits per heavy atom. The van der Waals surface area contributed by atoms with Crippen molar-refractivity contribution >= 4 is 17.9 Å². The summed E-state index contributed by atoms with van der Waals surface area (Å²) in [5, 5.41) is 0. The van der Waals surface area contributed by atoms with Crippen LogP contribution in [0.2, 0.25) is 0 Å². The average molecular weight is 653 g/mol. The summed E-state index contributed by atoms with van der Waals surface area (Å²) in [5.41, 5.74) is 0. The van der Waals surface area contributed by atoms with Crippen molar-refractivity contribution in [3.63, 3.8) is 0 Å². The smallest absolute Gasteiger partial charge is 0.306 e. The molecule has 0 aliphatic rings. The molecule has 0 fully saturated rings. The molecule has 0 rings (SSSR count). The molecule has 0 aromatic carbocycles. The number of rotatable bonds is 35. The Hall–Kier alpha value is -1.59. The first-order valence-corrected chi connectivity index (χ1v) is 19.9. The van der Waals surface area contributed by atoms with Crippen LogP contribution < -0.4 is 0 Å². The summed E-state index contributed by atoms with van der Waals surface area (Å²) in [4.78, 5) is 37.3. The zero-order valence-electron chi connectivity index (χ0n) is 31.0. The van der Waals surface area contributed by atoms with Crippen molar-refractivity contribution in [1.29, 1.82) is 0 Å². The second-order valence-electron chi connectivity index (χ2n) is 14.0. The highest BCUT2D eigenvalue weighted by atomic mass is 16.6. The summed E-state index contributed by atoms with van der Waals surface area (Å²) in [6.45, 7) is 8.87. The zero-order valence-corrected chi connectivity index (χ0v) is 31.0. The highest BCUT2D eigenvalue weighted by Crippen LogP contribution is 2.15. The fourth-order valence-corrected chi connectivity index (χ4v) is 5.74. The summed E-state index contributed by atoms with van der Waals surface area (Å²) in [6.07, 6.45) is 31.0. The van der Waals surface area contributed by atoms with Gasteiger partial charge in [0.15, 0.2) is 6.10 Å². The largest absolute Gasteiger partial charge is 0.462 e. The van der Waals surface area contributed by atoms with Gasteiger partial charge in [0.05, 0.1) is 0 Å². The van der Waals surface area contributed by atoms with E-state index in [4.69, 9.17) is 14.2 Å². The molecule has 0 aliphatic carbocycles. The highest BCUT2D eigenvalue weighted by molar-refractivity contribution is 5.71. The molecule has 0 bridgehead atoms. The first-order valence-electron chi connectivity index (χ1n) is 19.9. The number of ether oxygens (including phenoxy) is 3. The third kappa shape index (κ3) is 33.8. The van der Waals surface area contributed by atoms with Gasteiger partial charge < -0.3 is 14.2 Å². The monoisotopic (exact) mass is 653 g/mol. The van der Waals surface area contributed by atoms with E-state index < -0.39 is 6.10 Å². The van der Waals surface area contributed by atoms with E-state index in [9.17, 15) is 14.4 Å². The SMILES string of the molecule is CCCCCCCCCCCCC(=O)OC[C@@H](COC(=O)CCCCCCCCC(C)C)OC(=O)CCCCCCCCCCC. The maximum absolute atomic E-state index is 12.6. The van der Waals surface area contributed by atoms with Gasteiger partial charge in [-0.25, -0.2) is 0 Å². The van der Waals surface area contributed by atoms with Gasteiger partial charge in [0.1, 0.15) is 13.2 Å². The van der Waals surface area contributed by atoms with Crippen LogP contribution in [0.4, 0.5) is 0 Å². The van der Waals surface area contributed by atoms with Crippen LogP contribution in [-0.2, 0) is 28.6 Å². The van der Waals surface area contributed by atoms with E-state index in [2.05, 4.69) is 27.7 Å². The molecule has 0 aromatic heterocycles. The van der Waals surface area contributed by atoms with Crippen molar-refractivity contribution in [1.82, 2.24) is 0 Å². The topological polar surface area (TPSA) is 78.9 Å². The van der Waals surface area contributed by atoms with Crippen molar-refractivity contribution in [2.75, 3.05) is 13.2 Å². The standard InChI is InChI=1S/C40H76O6/c1-5-7-9-11-13-15-17-18-23-27-31-38(41)44-34-37(46-40(43)33-29-25-19-16-14-12-10-8-6-2)35-45-39(42)32-28-24-21-20-22-26-30-36(3)4/h36-37H,5-35H2,1-4H3/t37-/m0/s1. The van der Waals surface area contributed by atoms with E-state index in [1.807, 2.05) is 0 Å². The van der Waals surface area contributed by atoms with E-state index in [0.29, 0.717) is 19.3 Å². The summed E-state index contributed by atoms with van der Waals surface area (Å²) >= 11 is 0. The van der Waals surface area contributed by atoms with Crippen LogP contribution in [0.3, 0.4) is 0 Å². The van der Waals surface area contributed by atoms with Crippen LogP contribution in [0.25, 0.3) is 0 Å². The minimum atomic E-state index is -0.757. The van der Waals surface area contributed by atoms with Gasteiger partial charge >= 0.3 is 17.9 Å². The predicted octanol–water partition coefficient (Wildman–Crippen LogP) is 12.0. The van der Waals surface area contributed by atoms with E-state index in [1.165, 1.54) is 109 Å². The van der Waals surface area contributed by atoms with Crippen molar-refractivity contribution in [3.05, 3.63) is 0 Å². The molecule has 0 saturated carbocycles. The Morgan fingerprint density at radius 2 is 0.717 bits per heavy atom. The number of hydrogen-bond acceptors (Lipinski definition) is 6. The van der Waals surface area contributed by atoms with Gasteiger partial charge in [-0.05, 0) is 25.2 Å². The Labute approximate surface area is 285 Å². The van der Waals surface area contributed by atoms with Crippen molar-refractivity contribution < 1.29 is 28.6 Å². The Bertz CT molecular complexity index is 691. The minimum absolute atomic E-state index is 0.0657. The number of esters is 3. The first kappa shape index (κ1) is 44.4. The predicted molar refractivity (Wildman–Crippen MR) is 192 cm³/mol. The van der Waals surface area contributed by atoms with Crippen molar-refractivity contribution in [2.45, 2.75) is 220 Å². The lowest BCUT2D eigenvalue weighted by Gasteiger charge is -2.18. The summed E-state index contributed by atoms with van der Waals surface area (Å²) in [7, 11) is 0. The molecule has 0 radical (unpaired) electrons. The number of hydrogen-bond donors (Lipinski definition) is 0. The molecule has 0 aromatic rings. The van der Waals surface area contributed by atoms with E-state index in [1.54, 1.807) is 0 Å². The number of carbonyl (C=O) groups is 3. The molecule has 1 atom stereocenters. The molecular formula is C40H76O6. The fraction of sp³-hybridized carbons (Fsp3) is 0.925. The number of carbonyl (C=O) groups excluding carboxylic acids is 3. The van der Waals surface area contributed by atoms with Crippen LogP contribution in [0, 0.1) is 5.92 Å². The lowest BCUT2D eigenvalue weighted by atomic mass is 10.0. The Balaban J connectivity index is 4.35. The molecule has 0 N–H and O–H groups in total. The third-order valence-electron chi connectivity index (χ3n) is 8.79. The van der Waals surface area contributed by atoms with Gasteiger partial charge in [-0.1, -0.05) is 175 Å². The van der Waals surface area contributed by atoms with Gasteiger partial charge in [-0.3, -0.25) is 14.4 Å². The van der Waals surface area contributed by atoms with Crippen LogP contribution in [0.1, 0.15) is 214 Å². The van der Waals surface area contributed by atoms with E-state index in [-0.39, 0.29) is 31.1 Å². The van der Waals surface area contributed by atoms with Crippen LogP contribution in [0.5, 0.6) is 0 Å². The molecule has 0 unspecified atom stereocenters. The van der Waals surface area contributed by atoms with Gasteiger partial charge in [0, 0.05) is 19.3 Å². The first-order chi connectivity index (χ1) is 22.4. The van der Waals surface area contributed by atoms with Gasteiger partial charge in [-0.2, -0.15) is 0 Å². The van der Waals surface area contributed by atoms with Crippen molar-refractivity contribution in [3.8, 4) is 0 Å². The maximum Gasteiger partial charge on any atom is 0.306 e. The second kappa shape index (κ2) is 34.7. The lowest BCUT2D eigenvalue weighted by molar-refractivity contribution is -0.167. The highest BCUT2D eigenvalue weighted by Gasteiger charge is 2.19. The molecule has 46 heavy (non-hydrogen) atoms. The molecule has 0 aliphatic heterocycles. The molecule has 0 heterocycles.